The van der Waals surface area contributed by atoms with Gasteiger partial charge in [-0.15, -0.1) is 11.3 Å². The molecule has 1 amide bonds. The van der Waals surface area contributed by atoms with Crippen molar-refractivity contribution in [1.29, 1.82) is 0 Å². The van der Waals surface area contributed by atoms with Crippen molar-refractivity contribution in [2.45, 2.75) is 26.2 Å². The first-order chi connectivity index (χ1) is 13.8. The normalized spacial score (nSPS) is 10.3. The van der Waals surface area contributed by atoms with Gasteiger partial charge in [0.05, 0.1) is 17.6 Å². The van der Waals surface area contributed by atoms with E-state index in [1.807, 2.05) is 18.2 Å². The van der Waals surface area contributed by atoms with Crippen LogP contribution in [0, 0.1) is 6.92 Å². The molecule has 1 aromatic heterocycles. The summed E-state index contributed by atoms with van der Waals surface area (Å²) >= 11 is 6.57. The maximum absolute atomic E-state index is 12.4. The first kappa shape index (κ1) is 22.8. The molecule has 6 nitrogen and oxygen atoms in total. The lowest BCUT2D eigenvalue weighted by atomic mass is 10.1. The maximum atomic E-state index is 12.4. The number of anilines is 1. The molecule has 1 aromatic carbocycles. The number of unbranched alkanes of at least 4 members (excludes halogenated alkanes) is 1. The van der Waals surface area contributed by atoms with Crippen LogP contribution in [-0.2, 0) is 11.2 Å². The van der Waals surface area contributed by atoms with Crippen LogP contribution in [0.5, 0.6) is 0 Å². The number of hydrogen-bond donors (Lipinski definition) is 2. The molecule has 0 unspecified atom stereocenters. The number of rotatable bonds is 8. The highest BCUT2D eigenvalue weighted by atomic mass is 32.1. The number of benzene rings is 1. The lowest BCUT2D eigenvalue weighted by Crippen LogP contribution is -2.29. The van der Waals surface area contributed by atoms with Gasteiger partial charge in [0.25, 0.3) is 5.91 Å². The maximum Gasteiger partial charge on any atom is 0.341 e. The fourth-order valence-electron chi connectivity index (χ4n) is 2.80. The summed E-state index contributed by atoms with van der Waals surface area (Å²) in [6.45, 7) is 2.46. The molecule has 0 atom stereocenters. The SMILES string of the molecule is COC(=O)c1c(NC(=S)NCCCCc2ccccc2)sc(C(=O)N(C)C)c1C. The minimum absolute atomic E-state index is 0.162. The molecule has 0 saturated carbocycles. The molecule has 8 heteroatoms. The number of thiophene rings is 1. The van der Waals surface area contributed by atoms with Crippen LogP contribution >= 0.6 is 23.6 Å². The zero-order chi connectivity index (χ0) is 21.4. The zero-order valence-electron chi connectivity index (χ0n) is 17.2. The van der Waals surface area contributed by atoms with Gasteiger partial charge in [0, 0.05) is 20.6 Å². The summed E-state index contributed by atoms with van der Waals surface area (Å²) in [5, 5.41) is 7.15. The summed E-state index contributed by atoms with van der Waals surface area (Å²) in [6, 6.07) is 10.4. The van der Waals surface area contributed by atoms with Crippen molar-refractivity contribution in [2.75, 3.05) is 33.1 Å². The Morgan fingerprint density at radius 2 is 1.86 bits per heavy atom. The molecule has 2 rings (SSSR count). The third-order valence-corrected chi connectivity index (χ3v) is 5.83. The molecular weight excluding hydrogens is 406 g/mol. The van der Waals surface area contributed by atoms with E-state index in [4.69, 9.17) is 17.0 Å². The van der Waals surface area contributed by atoms with Gasteiger partial charge in [-0.3, -0.25) is 4.79 Å². The molecule has 156 valence electrons. The monoisotopic (exact) mass is 433 g/mol. The van der Waals surface area contributed by atoms with Crippen molar-refractivity contribution in [3.8, 4) is 0 Å². The standard InChI is InChI=1S/C21H27N3O3S2/c1-14-16(20(26)27-4)18(29-17(14)19(25)24(2)3)23-21(28)22-13-9-8-12-15-10-6-5-7-11-15/h5-7,10-11H,8-9,12-13H2,1-4H3,(H2,22,23,28). The van der Waals surface area contributed by atoms with Gasteiger partial charge in [-0.25, -0.2) is 4.79 Å². The molecule has 0 bridgehead atoms. The number of methoxy groups -OCH3 is 1. The minimum Gasteiger partial charge on any atom is -0.465 e. The summed E-state index contributed by atoms with van der Waals surface area (Å²) in [5.41, 5.74) is 2.26. The highest BCUT2D eigenvalue weighted by Gasteiger charge is 2.26. The summed E-state index contributed by atoms with van der Waals surface area (Å²) in [5.74, 6) is -0.657. The van der Waals surface area contributed by atoms with E-state index in [1.165, 1.54) is 28.9 Å². The first-order valence-corrected chi connectivity index (χ1v) is 10.6. The Morgan fingerprint density at radius 3 is 2.48 bits per heavy atom. The van der Waals surface area contributed by atoms with Gasteiger partial charge in [0.15, 0.2) is 5.11 Å². The highest BCUT2D eigenvalue weighted by Crippen LogP contribution is 2.34. The van der Waals surface area contributed by atoms with E-state index in [0.29, 0.717) is 26.1 Å². The molecule has 2 aromatic rings. The van der Waals surface area contributed by atoms with Crippen LogP contribution in [0.25, 0.3) is 0 Å². The molecule has 0 saturated heterocycles. The van der Waals surface area contributed by atoms with Crippen LogP contribution in [0.3, 0.4) is 0 Å². The number of amides is 1. The molecule has 2 N–H and O–H groups in total. The van der Waals surface area contributed by atoms with Gasteiger partial charge in [0.1, 0.15) is 5.00 Å². The van der Waals surface area contributed by atoms with Crippen LogP contribution < -0.4 is 10.6 Å². The zero-order valence-corrected chi connectivity index (χ0v) is 18.8. The fraction of sp³-hybridized carbons (Fsp3) is 0.381. The number of ether oxygens (including phenoxy) is 1. The average molecular weight is 434 g/mol. The average Bonchev–Trinajstić information content (AvgIpc) is 3.02. The Labute approximate surface area is 181 Å². The Balaban J connectivity index is 1.95. The second-order valence-electron chi connectivity index (χ2n) is 6.78. The first-order valence-electron chi connectivity index (χ1n) is 9.37. The molecular formula is C21H27N3O3S2. The third kappa shape index (κ3) is 6.27. The Bertz CT molecular complexity index is 864. The number of carbonyl (C=O) groups is 2. The Hall–Kier alpha value is -2.45. The van der Waals surface area contributed by atoms with Crippen molar-refractivity contribution in [2.24, 2.45) is 0 Å². The van der Waals surface area contributed by atoms with E-state index in [9.17, 15) is 9.59 Å². The third-order valence-electron chi connectivity index (χ3n) is 4.38. The number of hydrogen-bond acceptors (Lipinski definition) is 5. The predicted molar refractivity (Wildman–Crippen MR) is 122 cm³/mol. The summed E-state index contributed by atoms with van der Waals surface area (Å²) < 4.78 is 4.89. The lowest BCUT2D eigenvalue weighted by molar-refractivity contribution is 0.0601. The number of thiocarbonyl (C=S) groups is 1. The number of esters is 1. The van der Waals surface area contributed by atoms with Crippen LogP contribution in [0.2, 0.25) is 0 Å². The summed E-state index contributed by atoms with van der Waals surface area (Å²) in [6.07, 6.45) is 3.04. The largest absolute Gasteiger partial charge is 0.465 e. The van der Waals surface area contributed by atoms with Crippen molar-refractivity contribution in [3.63, 3.8) is 0 Å². The second-order valence-corrected chi connectivity index (χ2v) is 8.20. The van der Waals surface area contributed by atoms with E-state index in [1.54, 1.807) is 21.0 Å². The number of nitrogens with one attached hydrogen (secondary N) is 2. The quantitative estimate of drug-likeness (QED) is 0.374. The second kappa shape index (κ2) is 10.9. The number of nitrogens with zero attached hydrogens (tertiary/aromatic N) is 1. The molecule has 0 aliphatic carbocycles. The van der Waals surface area contributed by atoms with Crippen molar-refractivity contribution in [1.82, 2.24) is 10.2 Å². The van der Waals surface area contributed by atoms with Gasteiger partial charge in [-0.1, -0.05) is 30.3 Å². The van der Waals surface area contributed by atoms with Crippen LogP contribution in [0.4, 0.5) is 5.00 Å². The van der Waals surface area contributed by atoms with Crippen LogP contribution in [-0.4, -0.2) is 49.6 Å². The topological polar surface area (TPSA) is 70.7 Å². The van der Waals surface area contributed by atoms with Crippen LogP contribution in [0.15, 0.2) is 30.3 Å². The summed E-state index contributed by atoms with van der Waals surface area (Å²) in [4.78, 5) is 26.6. The fourth-order valence-corrected chi connectivity index (χ4v) is 4.29. The summed E-state index contributed by atoms with van der Waals surface area (Å²) in [7, 11) is 4.67. The molecule has 0 spiro atoms. The molecule has 0 aliphatic heterocycles. The lowest BCUT2D eigenvalue weighted by Gasteiger charge is -2.10. The Morgan fingerprint density at radius 1 is 1.17 bits per heavy atom. The van der Waals surface area contributed by atoms with Gasteiger partial charge in [-0.05, 0) is 49.5 Å². The van der Waals surface area contributed by atoms with E-state index in [-0.39, 0.29) is 5.91 Å². The van der Waals surface area contributed by atoms with Gasteiger partial charge >= 0.3 is 5.97 Å². The van der Waals surface area contributed by atoms with E-state index in [0.717, 1.165) is 25.8 Å². The molecule has 0 aliphatic rings. The number of carbonyl (C=O) groups excluding carboxylic acids is 2. The van der Waals surface area contributed by atoms with E-state index in [2.05, 4.69) is 22.8 Å². The number of aryl methyl sites for hydroxylation is 1. The Kier molecular flexibility index (Phi) is 8.60. The van der Waals surface area contributed by atoms with Gasteiger partial charge in [0.2, 0.25) is 0 Å². The molecule has 29 heavy (non-hydrogen) atoms. The van der Waals surface area contributed by atoms with Gasteiger partial charge < -0.3 is 20.3 Å². The minimum atomic E-state index is -0.496. The van der Waals surface area contributed by atoms with E-state index >= 15 is 0 Å². The molecule has 0 radical (unpaired) electrons. The molecule has 1 heterocycles. The van der Waals surface area contributed by atoms with Crippen molar-refractivity contribution in [3.05, 3.63) is 51.9 Å². The van der Waals surface area contributed by atoms with Crippen LogP contribution in [0.1, 0.15) is 44.0 Å². The smallest absolute Gasteiger partial charge is 0.341 e. The highest BCUT2D eigenvalue weighted by molar-refractivity contribution is 7.80. The van der Waals surface area contributed by atoms with E-state index < -0.39 is 5.97 Å². The predicted octanol–water partition coefficient (Wildman–Crippen LogP) is 3.85. The van der Waals surface area contributed by atoms with Crippen molar-refractivity contribution >= 4 is 45.5 Å². The van der Waals surface area contributed by atoms with Crippen molar-refractivity contribution < 1.29 is 14.3 Å². The van der Waals surface area contributed by atoms with Gasteiger partial charge in [-0.2, -0.15) is 0 Å². The molecule has 0 fully saturated rings.